The van der Waals surface area contributed by atoms with Gasteiger partial charge in [0.05, 0.1) is 10.0 Å². The highest BCUT2D eigenvalue weighted by Gasteiger charge is 2.39. The van der Waals surface area contributed by atoms with Crippen LogP contribution in [0.15, 0.2) is 36.4 Å². The molecule has 3 rings (SSSR count). The zero-order valence-electron chi connectivity index (χ0n) is 9.96. The minimum atomic E-state index is -1.19. The van der Waals surface area contributed by atoms with Crippen LogP contribution in [0.5, 0.6) is 0 Å². The number of aliphatic hydroxyl groups is 1. The SMILES string of the molecule is OC1(c2ccc(Cl)c(Cl)c2)CCc2c(F)cccc21. The lowest BCUT2D eigenvalue weighted by molar-refractivity contribution is 0.0829. The van der Waals surface area contributed by atoms with Crippen LogP contribution in [0.3, 0.4) is 0 Å². The van der Waals surface area contributed by atoms with Crippen LogP contribution in [0.1, 0.15) is 23.1 Å². The van der Waals surface area contributed by atoms with E-state index in [9.17, 15) is 9.50 Å². The number of hydrogen-bond acceptors (Lipinski definition) is 1. The van der Waals surface area contributed by atoms with E-state index in [1.54, 1.807) is 30.3 Å². The molecular formula is C15H11Cl2FO. The van der Waals surface area contributed by atoms with E-state index in [2.05, 4.69) is 0 Å². The van der Waals surface area contributed by atoms with Gasteiger partial charge in [-0.1, -0.05) is 41.4 Å². The van der Waals surface area contributed by atoms with Crippen molar-refractivity contribution in [2.45, 2.75) is 18.4 Å². The van der Waals surface area contributed by atoms with Gasteiger partial charge in [0.1, 0.15) is 11.4 Å². The third-order valence-electron chi connectivity index (χ3n) is 3.70. The van der Waals surface area contributed by atoms with Gasteiger partial charge in [-0.3, -0.25) is 0 Å². The quantitative estimate of drug-likeness (QED) is 0.831. The molecule has 1 unspecified atom stereocenters. The molecule has 0 heterocycles. The monoisotopic (exact) mass is 296 g/mol. The van der Waals surface area contributed by atoms with Crippen LogP contribution >= 0.6 is 23.2 Å². The fourth-order valence-corrected chi connectivity index (χ4v) is 2.99. The average Bonchev–Trinajstić information content (AvgIpc) is 2.74. The van der Waals surface area contributed by atoms with E-state index in [0.29, 0.717) is 39.6 Å². The number of hydrogen-bond donors (Lipinski definition) is 1. The second kappa shape index (κ2) is 4.48. The van der Waals surface area contributed by atoms with Crippen molar-refractivity contribution >= 4 is 23.2 Å². The van der Waals surface area contributed by atoms with Crippen molar-refractivity contribution in [2.75, 3.05) is 0 Å². The highest BCUT2D eigenvalue weighted by Crippen LogP contribution is 2.43. The Hall–Kier alpha value is -1.09. The summed E-state index contributed by atoms with van der Waals surface area (Å²) in [5, 5.41) is 11.7. The van der Waals surface area contributed by atoms with E-state index >= 15 is 0 Å². The first-order chi connectivity index (χ1) is 9.02. The first-order valence-electron chi connectivity index (χ1n) is 5.98. The van der Waals surface area contributed by atoms with Gasteiger partial charge in [-0.15, -0.1) is 0 Å². The zero-order chi connectivity index (χ0) is 13.6. The van der Waals surface area contributed by atoms with Crippen LogP contribution in [0.4, 0.5) is 4.39 Å². The smallest absolute Gasteiger partial charge is 0.126 e. The highest BCUT2D eigenvalue weighted by molar-refractivity contribution is 6.42. The minimum absolute atomic E-state index is 0.270. The van der Waals surface area contributed by atoms with Gasteiger partial charge in [0.2, 0.25) is 0 Å². The molecule has 1 atom stereocenters. The Bertz CT molecular complexity index is 657. The van der Waals surface area contributed by atoms with Crippen molar-refractivity contribution in [3.05, 3.63) is 69.0 Å². The molecule has 1 aliphatic rings. The van der Waals surface area contributed by atoms with Crippen molar-refractivity contribution in [2.24, 2.45) is 0 Å². The second-order valence-corrected chi connectivity index (χ2v) is 5.57. The van der Waals surface area contributed by atoms with Crippen LogP contribution < -0.4 is 0 Å². The van der Waals surface area contributed by atoms with E-state index in [1.165, 1.54) is 6.07 Å². The number of benzene rings is 2. The van der Waals surface area contributed by atoms with E-state index in [-0.39, 0.29) is 5.82 Å². The molecule has 1 N–H and O–H groups in total. The molecule has 0 radical (unpaired) electrons. The Balaban J connectivity index is 2.16. The van der Waals surface area contributed by atoms with Gasteiger partial charge in [-0.2, -0.15) is 0 Å². The summed E-state index contributed by atoms with van der Waals surface area (Å²) >= 11 is 11.9. The minimum Gasteiger partial charge on any atom is -0.380 e. The molecule has 19 heavy (non-hydrogen) atoms. The maximum Gasteiger partial charge on any atom is 0.126 e. The molecule has 0 saturated heterocycles. The Morgan fingerprint density at radius 1 is 1.11 bits per heavy atom. The van der Waals surface area contributed by atoms with E-state index in [4.69, 9.17) is 23.2 Å². The van der Waals surface area contributed by atoms with Crippen molar-refractivity contribution < 1.29 is 9.50 Å². The van der Waals surface area contributed by atoms with Crippen molar-refractivity contribution in [3.8, 4) is 0 Å². The zero-order valence-corrected chi connectivity index (χ0v) is 11.5. The number of rotatable bonds is 1. The summed E-state index contributed by atoms with van der Waals surface area (Å²) in [5.41, 5.74) is 0.652. The number of halogens is 3. The van der Waals surface area contributed by atoms with E-state index in [1.807, 2.05) is 0 Å². The van der Waals surface area contributed by atoms with Crippen molar-refractivity contribution in [3.63, 3.8) is 0 Å². The molecule has 0 fully saturated rings. The van der Waals surface area contributed by atoms with Gasteiger partial charge in [0.15, 0.2) is 0 Å². The second-order valence-electron chi connectivity index (χ2n) is 4.76. The van der Waals surface area contributed by atoms with Crippen LogP contribution in [-0.4, -0.2) is 5.11 Å². The molecule has 0 bridgehead atoms. The Kier molecular flexibility index (Phi) is 3.05. The summed E-state index contributed by atoms with van der Waals surface area (Å²) < 4.78 is 13.7. The van der Waals surface area contributed by atoms with Gasteiger partial charge >= 0.3 is 0 Å². The standard InChI is InChI=1S/C15H11Cl2FO/c16-12-5-4-9(8-13(12)17)15(19)7-6-10-11(15)2-1-3-14(10)18/h1-5,8,19H,6-7H2. The Morgan fingerprint density at radius 2 is 1.89 bits per heavy atom. The van der Waals surface area contributed by atoms with Crippen molar-refractivity contribution in [1.82, 2.24) is 0 Å². The summed E-state index contributed by atoms with van der Waals surface area (Å²) in [5.74, 6) is -0.270. The van der Waals surface area contributed by atoms with Gasteiger partial charge in [0, 0.05) is 0 Å². The normalized spacial score (nSPS) is 21.5. The van der Waals surface area contributed by atoms with Gasteiger partial charge in [-0.05, 0) is 47.7 Å². The molecule has 2 aromatic rings. The van der Waals surface area contributed by atoms with E-state index in [0.717, 1.165) is 0 Å². The summed E-state index contributed by atoms with van der Waals surface area (Å²) in [6, 6.07) is 9.81. The van der Waals surface area contributed by atoms with E-state index < -0.39 is 5.60 Å². The van der Waals surface area contributed by atoms with Crippen LogP contribution in [0.25, 0.3) is 0 Å². The van der Waals surface area contributed by atoms with Gasteiger partial charge in [0.25, 0.3) is 0 Å². The Labute approximate surface area is 120 Å². The predicted octanol–water partition coefficient (Wildman–Crippen LogP) is 4.31. The fourth-order valence-electron chi connectivity index (χ4n) is 2.69. The lowest BCUT2D eigenvalue weighted by Crippen LogP contribution is -2.23. The predicted molar refractivity (Wildman–Crippen MR) is 74.2 cm³/mol. The molecular weight excluding hydrogens is 286 g/mol. The summed E-state index contributed by atoms with van der Waals surface area (Å²) in [4.78, 5) is 0. The molecule has 0 saturated carbocycles. The molecule has 0 amide bonds. The molecule has 98 valence electrons. The van der Waals surface area contributed by atoms with Gasteiger partial charge < -0.3 is 5.11 Å². The molecule has 1 nitrogen and oxygen atoms in total. The largest absolute Gasteiger partial charge is 0.380 e. The summed E-state index contributed by atoms with van der Waals surface area (Å²) in [6.07, 6.45) is 0.958. The number of fused-ring (bicyclic) bond motifs is 1. The van der Waals surface area contributed by atoms with Crippen molar-refractivity contribution in [1.29, 1.82) is 0 Å². The third-order valence-corrected chi connectivity index (χ3v) is 4.44. The maximum absolute atomic E-state index is 13.7. The van der Waals surface area contributed by atoms with Gasteiger partial charge in [-0.25, -0.2) is 4.39 Å². The average molecular weight is 297 g/mol. The lowest BCUT2D eigenvalue weighted by Gasteiger charge is -2.25. The Morgan fingerprint density at radius 3 is 2.63 bits per heavy atom. The first kappa shape index (κ1) is 12.9. The topological polar surface area (TPSA) is 20.2 Å². The molecule has 1 aliphatic carbocycles. The van der Waals surface area contributed by atoms with Crippen LogP contribution in [0, 0.1) is 5.82 Å². The summed E-state index contributed by atoms with van der Waals surface area (Å²) in [6.45, 7) is 0. The third kappa shape index (κ3) is 1.95. The molecule has 2 aromatic carbocycles. The highest BCUT2D eigenvalue weighted by atomic mass is 35.5. The molecule has 0 aliphatic heterocycles. The molecule has 4 heteroatoms. The molecule has 0 spiro atoms. The van der Waals surface area contributed by atoms with Crippen LogP contribution in [-0.2, 0) is 12.0 Å². The molecule has 0 aromatic heterocycles. The lowest BCUT2D eigenvalue weighted by atomic mass is 9.88. The summed E-state index contributed by atoms with van der Waals surface area (Å²) in [7, 11) is 0. The fraction of sp³-hybridized carbons (Fsp3) is 0.200. The maximum atomic E-state index is 13.7. The first-order valence-corrected chi connectivity index (χ1v) is 6.74. The van der Waals surface area contributed by atoms with Crippen LogP contribution in [0.2, 0.25) is 10.0 Å².